The number of sulfonamides is 1. The van der Waals surface area contributed by atoms with Crippen molar-refractivity contribution in [2.45, 2.75) is 31.6 Å². The van der Waals surface area contributed by atoms with Gasteiger partial charge in [0.2, 0.25) is 21.9 Å². The molecule has 0 unspecified atom stereocenters. The number of likely N-dealkylation sites (N-methyl/N-ethyl adjacent to an activating group) is 1. The lowest BCUT2D eigenvalue weighted by atomic mass is 10.0. The Labute approximate surface area is 235 Å². The maximum Gasteiger partial charge on any atom is 0.243 e. The number of imidazole rings is 1. The topological polar surface area (TPSA) is 103 Å². The number of hydrogen-bond acceptors (Lipinski definition) is 6. The maximum absolute atomic E-state index is 13.2. The lowest BCUT2D eigenvalue weighted by Crippen LogP contribution is -2.38. The second-order valence-corrected chi connectivity index (χ2v) is 11.4. The maximum atomic E-state index is 13.2. The van der Waals surface area contributed by atoms with Crippen molar-refractivity contribution in [2.24, 2.45) is 0 Å². The van der Waals surface area contributed by atoms with Crippen molar-refractivity contribution >= 4 is 21.9 Å². The van der Waals surface area contributed by atoms with Gasteiger partial charge in [-0.25, -0.2) is 13.4 Å². The zero-order valence-electron chi connectivity index (χ0n) is 23.3. The van der Waals surface area contributed by atoms with Crippen molar-refractivity contribution in [3.05, 3.63) is 84.6 Å². The molecule has 1 N–H and O–H groups in total. The van der Waals surface area contributed by atoms with Crippen LogP contribution in [0.5, 0.6) is 11.5 Å². The van der Waals surface area contributed by atoms with Gasteiger partial charge in [-0.15, -0.1) is 0 Å². The van der Waals surface area contributed by atoms with E-state index in [1.54, 1.807) is 30.7 Å². The van der Waals surface area contributed by atoms with Crippen LogP contribution in [-0.2, 0) is 14.8 Å². The normalized spacial score (nSPS) is 11.6. The van der Waals surface area contributed by atoms with Crippen LogP contribution in [0.15, 0.2) is 83.9 Å². The average molecular weight is 563 g/mol. The van der Waals surface area contributed by atoms with E-state index in [1.807, 2.05) is 54.7 Å². The summed E-state index contributed by atoms with van der Waals surface area (Å²) < 4.78 is 39.8. The summed E-state index contributed by atoms with van der Waals surface area (Å²) >= 11 is 0. The van der Waals surface area contributed by atoms with Crippen molar-refractivity contribution in [1.82, 2.24) is 13.9 Å². The molecule has 9 nitrogen and oxygen atoms in total. The predicted octanol–water partition coefficient (Wildman–Crippen LogP) is 5.33. The van der Waals surface area contributed by atoms with Gasteiger partial charge in [0.1, 0.15) is 11.5 Å². The third-order valence-electron chi connectivity index (χ3n) is 6.55. The molecule has 0 saturated carbocycles. The molecule has 1 heterocycles. The minimum absolute atomic E-state index is 0.0801. The van der Waals surface area contributed by atoms with Gasteiger partial charge in [-0.1, -0.05) is 32.9 Å². The van der Waals surface area contributed by atoms with Gasteiger partial charge in [-0.05, 0) is 72.1 Å². The van der Waals surface area contributed by atoms with Crippen LogP contribution >= 0.6 is 0 Å². The van der Waals surface area contributed by atoms with Gasteiger partial charge in [-0.3, -0.25) is 14.7 Å². The highest BCUT2D eigenvalue weighted by Gasteiger charge is 2.26. The zero-order valence-corrected chi connectivity index (χ0v) is 24.1. The lowest BCUT2D eigenvalue weighted by molar-refractivity contribution is -0.116. The Balaban J connectivity index is 1.63. The molecular formula is C30H34N4O5S. The van der Waals surface area contributed by atoms with Crippen molar-refractivity contribution in [1.29, 1.82) is 0 Å². The van der Waals surface area contributed by atoms with Crippen molar-refractivity contribution < 1.29 is 22.7 Å². The second kappa shape index (κ2) is 12.4. The molecule has 40 heavy (non-hydrogen) atoms. The molecule has 210 valence electrons. The van der Waals surface area contributed by atoms with E-state index in [1.165, 1.54) is 24.8 Å². The van der Waals surface area contributed by atoms with E-state index in [0.717, 1.165) is 21.3 Å². The molecule has 1 aromatic heterocycles. The molecule has 0 aliphatic carbocycles. The number of anilines is 1. The number of nitrogens with zero attached hydrogens (tertiary/aromatic N) is 3. The summed E-state index contributed by atoms with van der Waals surface area (Å²) in [4.78, 5) is 18.0. The molecule has 0 atom stereocenters. The van der Waals surface area contributed by atoms with Crippen LogP contribution in [0.1, 0.15) is 32.3 Å². The Bertz CT molecular complexity index is 1550. The molecule has 0 radical (unpaired) electrons. The lowest BCUT2D eigenvalue weighted by Gasteiger charge is -2.20. The van der Waals surface area contributed by atoms with Crippen molar-refractivity contribution in [3.8, 4) is 28.4 Å². The molecule has 0 aliphatic heterocycles. The molecule has 4 aromatic rings. The predicted molar refractivity (Wildman–Crippen MR) is 156 cm³/mol. The highest BCUT2D eigenvalue weighted by Crippen LogP contribution is 2.27. The van der Waals surface area contributed by atoms with E-state index in [0.29, 0.717) is 17.4 Å². The van der Waals surface area contributed by atoms with Crippen LogP contribution in [-0.4, -0.2) is 55.5 Å². The number of nitrogens with one attached hydrogen (secondary N) is 1. The number of methoxy groups -OCH3 is 2. The quantitative estimate of drug-likeness (QED) is 0.265. The summed E-state index contributed by atoms with van der Waals surface area (Å²) in [5.41, 5.74) is 3.48. The number of aromatic nitrogens is 2. The molecule has 0 fully saturated rings. The Morgan fingerprint density at radius 2 is 1.50 bits per heavy atom. The highest BCUT2D eigenvalue weighted by atomic mass is 32.2. The Kier molecular flexibility index (Phi) is 8.91. The summed E-state index contributed by atoms with van der Waals surface area (Å²) in [6.45, 7) is 5.68. The largest absolute Gasteiger partial charge is 0.497 e. The van der Waals surface area contributed by atoms with E-state index in [9.17, 15) is 13.2 Å². The van der Waals surface area contributed by atoms with Gasteiger partial charge in [0.25, 0.3) is 0 Å². The Morgan fingerprint density at radius 1 is 0.925 bits per heavy atom. The first kappa shape index (κ1) is 28.8. The van der Waals surface area contributed by atoms with E-state index < -0.39 is 15.9 Å². The van der Waals surface area contributed by atoms with E-state index in [2.05, 4.69) is 19.2 Å². The smallest absolute Gasteiger partial charge is 0.243 e. The molecule has 4 rings (SSSR count). The average Bonchev–Trinajstić information content (AvgIpc) is 3.39. The van der Waals surface area contributed by atoms with Crippen LogP contribution in [0.25, 0.3) is 16.9 Å². The number of carbonyl (C=O) groups is 1. The first-order chi connectivity index (χ1) is 19.2. The van der Waals surface area contributed by atoms with E-state index >= 15 is 0 Å². The molecule has 1 amide bonds. The fraction of sp³-hybridized carbons (Fsp3) is 0.267. The number of ether oxygens (including phenoxy) is 2. The summed E-state index contributed by atoms with van der Waals surface area (Å²) in [5, 5.41) is 2.83. The molecule has 0 spiro atoms. The van der Waals surface area contributed by atoms with Gasteiger partial charge in [0.15, 0.2) is 0 Å². The minimum atomic E-state index is -3.91. The van der Waals surface area contributed by atoms with E-state index in [-0.39, 0.29) is 23.9 Å². The first-order valence-electron chi connectivity index (χ1n) is 12.9. The standard InChI is InChI=1S/C30H34N4O5S/c1-6-33(40(36,37)27-17-15-26(39-5)16-18-27)20-29(35)32-30-31-28(23-9-13-25(38-4)14-10-23)19-34(30)24-11-7-22(8-12-24)21(2)3/h7-19,21H,6,20H2,1-5H3,(H,31,32,35). The van der Waals surface area contributed by atoms with Crippen molar-refractivity contribution in [2.75, 3.05) is 32.6 Å². The molecule has 0 aliphatic rings. The fourth-order valence-electron chi connectivity index (χ4n) is 4.17. The van der Waals surface area contributed by atoms with Gasteiger partial charge >= 0.3 is 0 Å². The fourth-order valence-corrected chi connectivity index (χ4v) is 5.58. The minimum Gasteiger partial charge on any atom is -0.497 e. The monoisotopic (exact) mass is 562 g/mol. The summed E-state index contributed by atoms with van der Waals surface area (Å²) in [7, 11) is -0.793. The number of amides is 1. The van der Waals surface area contributed by atoms with Crippen LogP contribution in [0.2, 0.25) is 0 Å². The molecule has 0 saturated heterocycles. The number of benzene rings is 3. The van der Waals surface area contributed by atoms with Crippen LogP contribution < -0.4 is 14.8 Å². The van der Waals surface area contributed by atoms with Gasteiger partial charge in [-0.2, -0.15) is 4.31 Å². The van der Waals surface area contributed by atoms with Crippen molar-refractivity contribution in [3.63, 3.8) is 0 Å². The molecule has 10 heteroatoms. The summed E-state index contributed by atoms with van der Waals surface area (Å²) in [6.07, 6.45) is 1.84. The number of hydrogen-bond donors (Lipinski definition) is 1. The Hall–Kier alpha value is -4.15. The van der Waals surface area contributed by atoms with Gasteiger partial charge in [0.05, 0.1) is 31.4 Å². The third kappa shape index (κ3) is 6.35. The molecular weight excluding hydrogens is 528 g/mol. The van der Waals surface area contributed by atoms with Crippen LogP contribution in [0, 0.1) is 0 Å². The molecule has 3 aromatic carbocycles. The Morgan fingerprint density at radius 3 is 2.02 bits per heavy atom. The number of carbonyl (C=O) groups excluding carboxylic acids is 1. The molecule has 0 bridgehead atoms. The third-order valence-corrected chi connectivity index (χ3v) is 8.49. The zero-order chi connectivity index (χ0) is 28.9. The van der Waals surface area contributed by atoms with Crippen LogP contribution in [0.3, 0.4) is 0 Å². The second-order valence-electron chi connectivity index (χ2n) is 9.45. The van der Waals surface area contributed by atoms with Gasteiger partial charge < -0.3 is 9.47 Å². The summed E-state index contributed by atoms with van der Waals surface area (Å²) in [5.74, 6) is 1.41. The SMILES string of the molecule is CCN(CC(=O)Nc1nc(-c2ccc(OC)cc2)cn1-c1ccc(C(C)C)cc1)S(=O)(=O)c1ccc(OC)cc1. The van der Waals surface area contributed by atoms with Crippen LogP contribution in [0.4, 0.5) is 5.95 Å². The summed E-state index contributed by atoms with van der Waals surface area (Å²) in [6, 6.07) is 21.5. The number of rotatable bonds is 11. The first-order valence-corrected chi connectivity index (χ1v) is 14.4. The van der Waals surface area contributed by atoms with E-state index in [4.69, 9.17) is 14.5 Å². The van der Waals surface area contributed by atoms with Gasteiger partial charge in [0, 0.05) is 24.0 Å². The highest BCUT2D eigenvalue weighted by molar-refractivity contribution is 7.89.